The van der Waals surface area contributed by atoms with Crippen LogP contribution in [0.3, 0.4) is 0 Å². The molecule has 2 aliphatic rings. The summed E-state index contributed by atoms with van der Waals surface area (Å²) in [5, 5.41) is 0. The second kappa shape index (κ2) is 5.02. The van der Waals surface area contributed by atoms with E-state index in [9.17, 15) is 0 Å². The van der Waals surface area contributed by atoms with Crippen molar-refractivity contribution >= 4 is 0 Å². The summed E-state index contributed by atoms with van der Waals surface area (Å²) in [7, 11) is 4.33. The van der Waals surface area contributed by atoms with Crippen molar-refractivity contribution in [1.82, 2.24) is 9.80 Å². The zero-order valence-electron chi connectivity index (χ0n) is 11.7. The van der Waals surface area contributed by atoms with E-state index >= 15 is 0 Å². The predicted molar refractivity (Wildman–Crippen MR) is 75.7 cm³/mol. The van der Waals surface area contributed by atoms with E-state index in [1.807, 2.05) is 0 Å². The average Bonchev–Trinajstić information content (AvgIpc) is 2.70. The van der Waals surface area contributed by atoms with Crippen molar-refractivity contribution in [2.75, 3.05) is 27.2 Å². The molecule has 3 rings (SSSR count). The van der Waals surface area contributed by atoms with Gasteiger partial charge < -0.3 is 4.90 Å². The normalized spacial score (nSPS) is 22.5. The van der Waals surface area contributed by atoms with E-state index in [1.165, 1.54) is 45.3 Å². The molecule has 0 saturated heterocycles. The van der Waals surface area contributed by atoms with Crippen molar-refractivity contribution in [2.45, 2.75) is 38.3 Å². The van der Waals surface area contributed by atoms with Crippen molar-refractivity contribution in [1.29, 1.82) is 0 Å². The van der Waals surface area contributed by atoms with Gasteiger partial charge in [0.1, 0.15) is 0 Å². The summed E-state index contributed by atoms with van der Waals surface area (Å²) >= 11 is 0. The summed E-state index contributed by atoms with van der Waals surface area (Å²) in [5.74, 6) is 0. The van der Waals surface area contributed by atoms with Crippen LogP contribution in [0.2, 0.25) is 0 Å². The van der Waals surface area contributed by atoms with Crippen LogP contribution in [-0.4, -0.2) is 37.0 Å². The fourth-order valence-corrected chi connectivity index (χ4v) is 3.60. The average molecular weight is 244 g/mol. The maximum atomic E-state index is 2.71. The zero-order chi connectivity index (χ0) is 12.5. The molecule has 0 spiro atoms. The van der Waals surface area contributed by atoms with Gasteiger partial charge in [0.2, 0.25) is 0 Å². The first-order valence-corrected chi connectivity index (χ1v) is 7.25. The molecule has 1 aromatic rings. The zero-order valence-corrected chi connectivity index (χ0v) is 11.7. The Bertz CT molecular complexity index is 425. The minimum Gasteiger partial charge on any atom is -0.309 e. The summed E-state index contributed by atoms with van der Waals surface area (Å²) in [6.07, 6.45) is 5.31. The maximum absolute atomic E-state index is 2.71. The van der Waals surface area contributed by atoms with Gasteiger partial charge in [-0.05, 0) is 63.0 Å². The highest BCUT2D eigenvalue weighted by molar-refractivity contribution is 5.42. The smallest absolute Gasteiger partial charge is 0.0357 e. The minimum atomic E-state index is 0.729. The largest absolute Gasteiger partial charge is 0.309 e. The van der Waals surface area contributed by atoms with Crippen LogP contribution in [-0.2, 0) is 13.0 Å². The van der Waals surface area contributed by atoms with E-state index in [0.717, 1.165) is 6.04 Å². The van der Waals surface area contributed by atoms with Crippen molar-refractivity contribution < 1.29 is 0 Å². The van der Waals surface area contributed by atoms with Crippen LogP contribution in [0.25, 0.3) is 0 Å². The number of aryl methyl sites for hydroxylation is 1. The Hall–Kier alpha value is -0.860. The summed E-state index contributed by atoms with van der Waals surface area (Å²) in [6, 6.07) is 7.66. The third-order valence-electron chi connectivity index (χ3n) is 4.41. The quantitative estimate of drug-likeness (QED) is 0.803. The molecule has 0 aromatic heterocycles. The molecule has 1 unspecified atom stereocenters. The van der Waals surface area contributed by atoms with E-state index in [2.05, 4.69) is 42.1 Å². The van der Waals surface area contributed by atoms with Crippen LogP contribution >= 0.6 is 0 Å². The molecule has 0 saturated carbocycles. The molecule has 1 heterocycles. The van der Waals surface area contributed by atoms with Gasteiger partial charge in [0.25, 0.3) is 0 Å². The maximum Gasteiger partial charge on any atom is 0.0357 e. The van der Waals surface area contributed by atoms with E-state index in [1.54, 1.807) is 16.7 Å². The standard InChI is InChI=1S/C16H24N2/c1-17(2)10-5-11-18-12-14-8-3-6-13-7-4-9-15(18)16(13)14/h3,6,8,15H,4-5,7,9-12H2,1-2H3. The lowest BCUT2D eigenvalue weighted by atomic mass is 9.87. The van der Waals surface area contributed by atoms with Gasteiger partial charge in [0.05, 0.1) is 0 Å². The van der Waals surface area contributed by atoms with Crippen molar-refractivity contribution in [3.8, 4) is 0 Å². The van der Waals surface area contributed by atoms with Crippen molar-refractivity contribution in [3.63, 3.8) is 0 Å². The molecule has 1 aliphatic carbocycles. The third kappa shape index (κ3) is 2.19. The molecule has 0 radical (unpaired) electrons. The summed E-state index contributed by atoms with van der Waals surface area (Å²) < 4.78 is 0. The van der Waals surface area contributed by atoms with Gasteiger partial charge in [-0.2, -0.15) is 0 Å². The van der Waals surface area contributed by atoms with Gasteiger partial charge in [0, 0.05) is 19.1 Å². The fraction of sp³-hybridized carbons (Fsp3) is 0.625. The molecule has 0 fully saturated rings. The van der Waals surface area contributed by atoms with Crippen LogP contribution < -0.4 is 0 Å². The minimum absolute atomic E-state index is 0.729. The van der Waals surface area contributed by atoms with Gasteiger partial charge >= 0.3 is 0 Å². The molecular formula is C16H24N2. The summed E-state index contributed by atoms with van der Waals surface area (Å²) in [5.41, 5.74) is 4.91. The first-order chi connectivity index (χ1) is 8.75. The number of hydrogen-bond donors (Lipinski definition) is 0. The lowest BCUT2D eigenvalue weighted by molar-refractivity contribution is 0.188. The van der Waals surface area contributed by atoms with Gasteiger partial charge in [-0.3, -0.25) is 4.90 Å². The number of rotatable bonds is 4. The van der Waals surface area contributed by atoms with Crippen LogP contribution in [0.5, 0.6) is 0 Å². The van der Waals surface area contributed by atoms with Gasteiger partial charge in [0.15, 0.2) is 0 Å². The first kappa shape index (κ1) is 12.2. The van der Waals surface area contributed by atoms with Crippen LogP contribution in [0.1, 0.15) is 42.0 Å². The Morgan fingerprint density at radius 1 is 1.28 bits per heavy atom. The Morgan fingerprint density at radius 2 is 2.11 bits per heavy atom. The van der Waals surface area contributed by atoms with E-state index < -0.39 is 0 Å². The highest BCUT2D eigenvalue weighted by Gasteiger charge is 2.33. The highest BCUT2D eigenvalue weighted by Crippen LogP contribution is 2.42. The van der Waals surface area contributed by atoms with Crippen LogP contribution in [0.15, 0.2) is 18.2 Å². The molecule has 18 heavy (non-hydrogen) atoms. The lowest BCUT2D eigenvalue weighted by Gasteiger charge is -2.29. The van der Waals surface area contributed by atoms with Crippen molar-refractivity contribution in [3.05, 3.63) is 34.9 Å². The monoisotopic (exact) mass is 244 g/mol. The van der Waals surface area contributed by atoms with E-state index in [-0.39, 0.29) is 0 Å². The molecule has 0 N–H and O–H groups in total. The predicted octanol–water partition coefficient (Wildman–Crippen LogP) is 2.83. The number of nitrogens with zero attached hydrogens (tertiary/aromatic N) is 2. The molecular weight excluding hydrogens is 220 g/mol. The number of benzene rings is 1. The first-order valence-electron chi connectivity index (χ1n) is 7.25. The van der Waals surface area contributed by atoms with Crippen molar-refractivity contribution in [2.24, 2.45) is 0 Å². The molecule has 0 bridgehead atoms. The number of hydrogen-bond acceptors (Lipinski definition) is 2. The lowest BCUT2D eigenvalue weighted by Crippen LogP contribution is -2.27. The second-order valence-electron chi connectivity index (χ2n) is 6.03. The fourth-order valence-electron chi connectivity index (χ4n) is 3.60. The molecule has 1 aromatic carbocycles. The Labute approximate surface area is 111 Å². The van der Waals surface area contributed by atoms with Crippen LogP contribution in [0.4, 0.5) is 0 Å². The Morgan fingerprint density at radius 3 is 2.94 bits per heavy atom. The molecule has 1 aliphatic heterocycles. The van der Waals surface area contributed by atoms with Gasteiger partial charge in [-0.25, -0.2) is 0 Å². The topological polar surface area (TPSA) is 6.48 Å². The van der Waals surface area contributed by atoms with E-state index in [0.29, 0.717) is 0 Å². The SMILES string of the molecule is CN(C)CCCN1Cc2cccc3c2C1CCC3. The Kier molecular flexibility index (Phi) is 3.40. The van der Waals surface area contributed by atoms with Gasteiger partial charge in [-0.1, -0.05) is 18.2 Å². The molecule has 1 atom stereocenters. The van der Waals surface area contributed by atoms with E-state index in [4.69, 9.17) is 0 Å². The Balaban J connectivity index is 1.72. The summed E-state index contributed by atoms with van der Waals surface area (Å²) in [4.78, 5) is 4.99. The van der Waals surface area contributed by atoms with Gasteiger partial charge in [-0.15, -0.1) is 0 Å². The molecule has 0 amide bonds. The second-order valence-corrected chi connectivity index (χ2v) is 6.03. The molecule has 2 heteroatoms. The summed E-state index contributed by atoms with van der Waals surface area (Å²) in [6.45, 7) is 3.63. The highest BCUT2D eigenvalue weighted by atomic mass is 15.2. The van der Waals surface area contributed by atoms with Crippen LogP contribution in [0, 0.1) is 0 Å². The molecule has 2 nitrogen and oxygen atoms in total. The molecule has 98 valence electrons. The third-order valence-corrected chi connectivity index (χ3v) is 4.41.